The smallest absolute Gasteiger partial charge is 0.176 e. The molecule has 6 nitrogen and oxygen atoms in total. The van der Waals surface area contributed by atoms with Crippen molar-refractivity contribution in [3.63, 3.8) is 0 Å². The first-order valence-electron chi connectivity index (χ1n) is 13.4. The van der Waals surface area contributed by atoms with Gasteiger partial charge in [-0.3, -0.25) is 4.98 Å². The molecule has 3 fully saturated rings. The van der Waals surface area contributed by atoms with Crippen LogP contribution < -0.4 is 9.64 Å². The van der Waals surface area contributed by atoms with Crippen LogP contribution in [0, 0.1) is 5.92 Å². The van der Waals surface area contributed by atoms with Gasteiger partial charge in [-0.25, -0.2) is 0 Å². The SMILES string of the molecule is COc1cc(-c2ccc3ncc(C4(C=O)CC4)c(N4CCC(CN5CCCC5)CC4)c3c2)cc(Cl)c1O. The molecule has 2 saturated heterocycles. The summed E-state index contributed by atoms with van der Waals surface area (Å²) in [5.41, 5.74) is 4.55. The summed E-state index contributed by atoms with van der Waals surface area (Å²) >= 11 is 6.31. The predicted molar refractivity (Wildman–Crippen MR) is 148 cm³/mol. The summed E-state index contributed by atoms with van der Waals surface area (Å²) < 4.78 is 5.34. The summed E-state index contributed by atoms with van der Waals surface area (Å²) in [4.78, 5) is 22.1. The van der Waals surface area contributed by atoms with E-state index in [1.54, 1.807) is 12.1 Å². The molecular weight excluding hydrogens is 486 g/mol. The van der Waals surface area contributed by atoms with Gasteiger partial charge in [0.15, 0.2) is 11.5 Å². The Kier molecular flexibility index (Phi) is 6.49. The zero-order valence-electron chi connectivity index (χ0n) is 21.4. The first-order chi connectivity index (χ1) is 18.0. The third-order valence-corrected chi connectivity index (χ3v) is 8.91. The second-order valence-electron chi connectivity index (χ2n) is 11.0. The molecule has 194 valence electrons. The lowest BCUT2D eigenvalue weighted by Crippen LogP contribution is -2.39. The van der Waals surface area contributed by atoms with Crippen LogP contribution in [0.4, 0.5) is 5.69 Å². The molecule has 3 heterocycles. The number of nitrogens with zero attached hydrogens (tertiary/aromatic N) is 3. The molecule has 6 rings (SSSR count). The normalized spacial score (nSPS) is 19.9. The average Bonchev–Trinajstić information content (AvgIpc) is 3.56. The summed E-state index contributed by atoms with van der Waals surface area (Å²) in [6.45, 7) is 5.68. The maximum Gasteiger partial charge on any atom is 0.176 e. The standard InChI is InChI=1S/C30H34ClN3O3/c1-37-27-16-22(15-25(31)29(27)36)21-4-5-26-23(14-21)28(24(17-32-26)30(19-35)8-9-30)34-12-6-20(7-13-34)18-33-10-2-3-11-33/h4-5,14-17,19-20,36H,2-3,6-13,18H2,1H3. The molecule has 2 aliphatic heterocycles. The fourth-order valence-electron chi connectivity index (χ4n) is 6.21. The number of hydrogen-bond acceptors (Lipinski definition) is 6. The third-order valence-electron chi connectivity index (χ3n) is 8.62. The monoisotopic (exact) mass is 519 g/mol. The lowest BCUT2D eigenvalue weighted by atomic mass is 9.90. The first kappa shape index (κ1) is 24.5. The number of methoxy groups -OCH3 is 1. The lowest BCUT2D eigenvalue weighted by molar-refractivity contribution is -0.109. The van der Waals surface area contributed by atoms with Crippen LogP contribution in [0.25, 0.3) is 22.0 Å². The maximum absolute atomic E-state index is 12.2. The van der Waals surface area contributed by atoms with Crippen LogP contribution in [0.3, 0.4) is 0 Å². The van der Waals surface area contributed by atoms with Gasteiger partial charge in [0.05, 0.1) is 28.8 Å². The van der Waals surface area contributed by atoms with Crippen molar-refractivity contribution in [2.45, 2.75) is 43.9 Å². The molecule has 0 atom stereocenters. The molecule has 37 heavy (non-hydrogen) atoms. The number of aromatic hydroxyl groups is 1. The zero-order chi connectivity index (χ0) is 25.6. The Morgan fingerprint density at radius 1 is 1.11 bits per heavy atom. The van der Waals surface area contributed by atoms with E-state index in [1.165, 1.54) is 39.6 Å². The molecule has 0 unspecified atom stereocenters. The van der Waals surface area contributed by atoms with E-state index in [9.17, 15) is 9.90 Å². The number of carbonyl (C=O) groups is 1. The topological polar surface area (TPSA) is 65.9 Å². The Labute approximate surface area is 223 Å². The van der Waals surface area contributed by atoms with Crippen LogP contribution in [0.1, 0.15) is 44.1 Å². The van der Waals surface area contributed by atoms with Crippen molar-refractivity contribution < 1.29 is 14.6 Å². The molecule has 2 aromatic carbocycles. The molecular formula is C30H34ClN3O3. The van der Waals surface area contributed by atoms with E-state index in [2.05, 4.69) is 15.9 Å². The van der Waals surface area contributed by atoms with Gasteiger partial charge in [-0.2, -0.15) is 0 Å². The minimum atomic E-state index is -0.413. The van der Waals surface area contributed by atoms with E-state index in [0.29, 0.717) is 5.75 Å². The zero-order valence-corrected chi connectivity index (χ0v) is 22.1. The fraction of sp³-hybridized carbons (Fsp3) is 0.467. The number of likely N-dealkylation sites (tertiary alicyclic amines) is 1. The number of hydrogen-bond donors (Lipinski definition) is 1. The molecule has 3 aromatic rings. The molecule has 1 saturated carbocycles. The first-order valence-corrected chi connectivity index (χ1v) is 13.8. The molecule has 0 amide bonds. The van der Waals surface area contributed by atoms with Crippen molar-refractivity contribution in [2.75, 3.05) is 44.7 Å². The number of aldehydes is 1. The van der Waals surface area contributed by atoms with E-state index in [0.717, 1.165) is 84.3 Å². The molecule has 0 spiro atoms. The number of phenolic OH excluding ortho intramolecular Hbond substituents is 1. The van der Waals surface area contributed by atoms with Gasteiger partial charge in [-0.1, -0.05) is 17.7 Å². The number of aromatic nitrogens is 1. The van der Waals surface area contributed by atoms with Crippen LogP contribution in [0.2, 0.25) is 5.02 Å². The highest BCUT2D eigenvalue weighted by Crippen LogP contribution is 2.51. The molecule has 3 aliphatic rings. The van der Waals surface area contributed by atoms with Crippen molar-refractivity contribution in [1.82, 2.24) is 9.88 Å². The summed E-state index contributed by atoms with van der Waals surface area (Å²) in [5, 5.41) is 11.5. The van der Waals surface area contributed by atoms with E-state index in [4.69, 9.17) is 21.3 Å². The number of anilines is 1. The largest absolute Gasteiger partial charge is 0.503 e. The van der Waals surface area contributed by atoms with Crippen LogP contribution >= 0.6 is 11.6 Å². The molecule has 1 aliphatic carbocycles. The van der Waals surface area contributed by atoms with Crippen LogP contribution in [-0.4, -0.2) is 61.1 Å². The molecule has 0 bridgehead atoms. The molecule has 7 heteroatoms. The highest BCUT2D eigenvalue weighted by molar-refractivity contribution is 6.32. The van der Waals surface area contributed by atoms with E-state index in [1.807, 2.05) is 18.3 Å². The second kappa shape index (κ2) is 9.80. The van der Waals surface area contributed by atoms with E-state index < -0.39 is 5.41 Å². The van der Waals surface area contributed by atoms with Gasteiger partial charge >= 0.3 is 0 Å². The Bertz CT molecular complexity index is 1330. The lowest BCUT2D eigenvalue weighted by Gasteiger charge is -2.37. The van der Waals surface area contributed by atoms with Crippen LogP contribution in [0.5, 0.6) is 11.5 Å². The van der Waals surface area contributed by atoms with Crippen LogP contribution in [0.15, 0.2) is 36.5 Å². The number of fused-ring (bicyclic) bond motifs is 1. The summed E-state index contributed by atoms with van der Waals surface area (Å²) in [6, 6.07) is 9.77. The van der Waals surface area contributed by atoms with Gasteiger partial charge in [0, 0.05) is 36.8 Å². The number of ether oxygens (including phenoxy) is 1. The third kappa shape index (κ3) is 4.55. The Morgan fingerprint density at radius 3 is 2.54 bits per heavy atom. The number of halogens is 1. The van der Waals surface area contributed by atoms with Gasteiger partial charge in [-0.15, -0.1) is 0 Å². The molecule has 0 radical (unpaired) electrons. The van der Waals surface area contributed by atoms with Gasteiger partial charge in [0.1, 0.15) is 6.29 Å². The Balaban J connectivity index is 1.39. The van der Waals surface area contributed by atoms with E-state index >= 15 is 0 Å². The quantitative estimate of drug-likeness (QED) is 0.397. The number of piperidine rings is 1. The summed E-state index contributed by atoms with van der Waals surface area (Å²) in [5.74, 6) is 1.01. The summed E-state index contributed by atoms with van der Waals surface area (Å²) in [7, 11) is 1.52. The van der Waals surface area contributed by atoms with Crippen molar-refractivity contribution in [2.24, 2.45) is 5.92 Å². The number of benzene rings is 2. The number of rotatable bonds is 7. The minimum absolute atomic E-state index is 0.0585. The predicted octanol–water partition coefficient (Wildman–Crippen LogP) is 5.81. The second-order valence-corrected chi connectivity index (χ2v) is 11.4. The van der Waals surface area contributed by atoms with Gasteiger partial charge < -0.3 is 24.4 Å². The Morgan fingerprint density at radius 2 is 1.86 bits per heavy atom. The molecule has 1 aromatic heterocycles. The van der Waals surface area contributed by atoms with Crippen molar-refractivity contribution in [3.8, 4) is 22.6 Å². The van der Waals surface area contributed by atoms with Crippen molar-refractivity contribution >= 4 is 34.5 Å². The summed E-state index contributed by atoms with van der Waals surface area (Å²) in [6.07, 6.45) is 9.83. The highest BCUT2D eigenvalue weighted by Gasteiger charge is 2.47. The minimum Gasteiger partial charge on any atom is -0.503 e. The van der Waals surface area contributed by atoms with Crippen molar-refractivity contribution in [1.29, 1.82) is 0 Å². The Hall–Kier alpha value is -2.83. The van der Waals surface area contributed by atoms with Crippen LogP contribution in [-0.2, 0) is 10.2 Å². The number of carbonyl (C=O) groups excluding carboxylic acids is 1. The van der Waals surface area contributed by atoms with Gasteiger partial charge in [0.25, 0.3) is 0 Å². The number of pyridine rings is 1. The van der Waals surface area contributed by atoms with Gasteiger partial charge in [-0.05, 0) is 92.9 Å². The molecule has 1 N–H and O–H groups in total. The highest BCUT2D eigenvalue weighted by atomic mass is 35.5. The average molecular weight is 520 g/mol. The fourth-order valence-corrected chi connectivity index (χ4v) is 6.42. The maximum atomic E-state index is 12.2. The van der Waals surface area contributed by atoms with E-state index in [-0.39, 0.29) is 10.8 Å². The van der Waals surface area contributed by atoms with Crippen molar-refractivity contribution in [3.05, 3.63) is 47.1 Å². The van der Waals surface area contributed by atoms with Gasteiger partial charge in [0.2, 0.25) is 0 Å². The number of phenols is 1.